The number of imidazole rings is 1. The number of carbonyl (C=O) groups is 1. The number of hydrogen-bond acceptors (Lipinski definition) is 5. The lowest BCUT2D eigenvalue weighted by atomic mass is 10.1. The van der Waals surface area contributed by atoms with E-state index in [0.717, 1.165) is 4.68 Å². The topological polar surface area (TPSA) is 81.3 Å². The van der Waals surface area contributed by atoms with E-state index in [1.54, 1.807) is 22.7 Å². The summed E-state index contributed by atoms with van der Waals surface area (Å²) in [5, 5.41) is 8.59. The number of nitrogens with zero attached hydrogens (tertiary/aromatic N) is 4. The van der Waals surface area contributed by atoms with Gasteiger partial charge in [0.2, 0.25) is 0 Å². The minimum absolute atomic E-state index is 0.0994. The van der Waals surface area contributed by atoms with E-state index < -0.39 is 5.91 Å². The Kier molecular flexibility index (Phi) is 3.85. The van der Waals surface area contributed by atoms with Gasteiger partial charge in [0.25, 0.3) is 11.5 Å². The number of aromatic nitrogens is 4. The molecule has 0 spiro atoms. The molecule has 0 radical (unpaired) electrons. The molecule has 0 unspecified atom stereocenters. The summed E-state index contributed by atoms with van der Waals surface area (Å²) >= 11 is 1.41. The maximum absolute atomic E-state index is 13.2. The van der Waals surface area contributed by atoms with Crippen LogP contribution < -0.4 is 10.9 Å². The molecule has 7 nitrogen and oxygen atoms in total. The monoisotopic (exact) mass is 369 g/mol. The summed E-state index contributed by atoms with van der Waals surface area (Å²) in [6.07, 6.45) is 1.78. The first-order chi connectivity index (χ1) is 12.5. The van der Waals surface area contributed by atoms with Gasteiger partial charge in [0.05, 0.1) is 0 Å². The van der Waals surface area contributed by atoms with Gasteiger partial charge in [-0.25, -0.2) is 14.1 Å². The van der Waals surface area contributed by atoms with Crippen LogP contribution in [0.25, 0.3) is 16.2 Å². The van der Waals surface area contributed by atoms with Crippen molar-refractivity contribution >= 4 is 28.0 Å². The first kappa shape index (κ1) is 16.2. The standard InChI is InChI=1S/C17H12FN5O2S/c1-22-13(24)7-6-12(21-22)16(25)20-15-14(10-2-4-11(18)5-3-10)19-17-23(15)8-9-26-17/h2-9H,1H3,(H,20,25). The summed E-state index contributed by atoms with van der Waals surface area (Å²) in [5.74, 6) is -0.375. The predicted octanol–water partition coefficient (Wildman–Crippen LogP) is 2.55. The van der Waals surface area contributed by atoms with Crippen molar-refractivity contribution in [3.8, 4) is 11.3 Å². The van der Waals surface area contributed by atoms with Crippen molar-refractivity contribution in [2.75, 3.05) is 5.32 Å². The number of aryl methyl sites for hydroxylation is 1. The quantitative estimate of drug-likeness (QED) is 0.602. The Morgan fingerprint density at radius 1 is 1.19 bits per heavy atom. The van der Waals surface area contributed by atoms with Crippen LogP contribution in [0.5, 0.6) is 0 Å². The fourth-order valence-electron chi connectivity index (χ4n) is 2.51. The Hall–Kier alpha value is -3.33. The smallest absolute Gasteiger partial charge is 0.277 e. The van der Waals surface area contributed by atoms with Crippen LogP contribution in [0.4, 0.5) is 10.2 Å². The Morgan fingerprint density at radius 2 is 1.96 bits per heavy atom. The van der Waals surface area contributed by atoms with Gasteiger partial charge >= 0.3 is 0 Å². The average Bonchev–Trinajstić information content (AvgIpc) is 3.21. The van der Waals surface area contributed by atoms with Gasteiger partial charge in [-0.15, -0.1) is 11.3 Å². The van der Waals surface area contributed by atoms with Gasteiger partial charge < -0.3 is 5.32 Å². The zero-order valence-electron chi connectivity index (χ0n) is 13.5. The van der Waals surface area contributed by atoms with E-state index >= 15 is 0 Å². The fraction of sp³-hybridized carbons (Fsp3) is 0.0588. The SMILES string of the molecule is Cn1nc(C(=O)Nc2c(-c3ccc(F)cc3)nc3sccn23)ccc1=O. The van der Waals surface area contributed by atoms with Crippen LogP contribution in [0, 0.1) is 5.82 Å². The first-order valence-electron chi connectivity index (χ1n) is 7.60. The maximum Gasteiger partial charge on any atom is 0.277 e. The van der Waals surface area contributed by atoms with Crippen molar-refractivity contribution in [2.24, 2.45) is 7.05 Å². The number of amides is 1. The average molecular weight is 369 g/mol. The highest BCUT2D eigenvalue weighted by molar-refractivity contribution is 7.15. The highest BCUT2D eigenvalue weighted by Crippen LogP contribution is 2.31. The number of rotatable bonds is 3. The normalized spacial score (nSPS) is 11.0. The predicted molar refractivity (Wildman–Crippen MR) is 95.9 cm³/mol. The van der Waals surface area contributed by atoms with Gasteiger partial charge in [0, 0.05) is 30.3 Å². The minimum atomic E-state index is -0.475. The van der Waals surface area contributed by atoms with Crippen LogP contribution in [0.1, 0.15) is 10.5 Å². The molecule has 9 heteroatoms. The van der Waals surface area contributed by atoms with Crippen LogP contribution >= 0.6 is 11.3 Å². The molecule has 26 heavy (non-hydrogen) atoms. The van der Waals surface area contributed by atoms with E-state index in [0.29, 0.717) is 22.0 Å². The fourth-order valence-corrected chi connectivity index (χ4v) is 3.22. The number of nitrogens with one attached hydrogen (secondary N) is 1. The summed E-state index contributed by atoms with van der Waals surface area (Å²) < 4.78 is 16.0. The van der Waals surface area contributed by atoms with Gasteiger partial charge in [-0.1, -0.05) is 0 Å². The molecule has 0 fully saturated rings. The first-order valence-corrected chi connectivity index (χ1v) is 8.48. The lowest BCUT2D eigenvalue weighted by Crippen LogP contribution is -2.24. The second-order valence-electron chi connectivity index (χ2n) is 5.51. The molecule has 3 heterocycles. The van der Waals surface area contributed by atoms with Crippen LogP contribution in [0.15, 0.2) is 52.8 Å². The number of thiazole rings is 1. The molecular formula is C17H12FN5O2S. The van der Waals surface area contributed by atoms with E-state index in [1.165, 1.54) is 42.6 Å². The molecule has 0 aliphatic heterocycles. The second-order valence-corrected chi connectivity index (χ2v) is 6.38. The summed E-state index contributed by atoms with van der Waals surface area (Å²) in [5.41, 5.74) is 0.988. The largest absolute Gasteiger partial charge is 0.304 e. The number of benzene rings is 1. The third kappa shape index (κ3) is 2.78. The molecule has 1 amide bonds. The summed E-state index contributed by atoms with van der Waals surface area (Å²) in [4.78, 5) is 29.2. The van der Waals surface area contributed by atoms with Crippen molar-refractivity contribution in [2.45, 2.75) is 0 Å². The molecule has 1 N–H and O–H groups in total. The number of anilines is 1. The molecule has 4 rings (SSSR count). The van der Waals surface area contributed by atoms with Crippen LogP contribution in [0.2, 0.25) is 0 Å². The molecule has 0 saturated carbocycles. The van der Waals surface area contributed by atoms with Gasteiger partial charge in [0.1, 0.15) is 23.0 Å². The lowest BCUT2D eigenvalue weighted by Gasteiger charge is -2.07. The van der Waals surface area contributed by atoms with Crippen molar-refractivity contribution in [3.63, 3.8) is 0 Å². The van der Waals surface area contributed by atoms with Gasteiger partial charge in [-0.05, 0) is 30.3 Å². The highest BCUT2D eigenvalue weighted by atomic mass is 32.1. The molecule has 0 bridgehead atoms. The third-order valence-electron chi connectivity index (χ3n) is 3.80. The van der Waals surface area contributed by atoms with Crippen molar-refractivity contribution in [1.82, 2.24) is 19.2 Å². The van der Waals surface area contributed by atoms with E-state index in [9.17, 15) is 14.0 Å². The number of hydrogen-bond donors (Lipinski definition) is 1. The lowest BCUT2D eigenvalue weighted by molar-refractivity contribution is 0.101. The molecule has 0 aliphatic rings. The van der Waals surface area contributed by atoms with E-state index in [-0.39, 0.29) is 17.1 Å². The number of carbonyl (C=O) groups excluding carboxylic acids is 1. The molecule has 0 saturated heterocycles. The van der Waals surface area contributed by atoms with Gasteiger partial charge in [-0.2, -0.15) is 5.10 Å². The Bertz CT molecular complexity index is 1180. The molecule has 3 aromatic heterocycles. The molecule has 0 atom stereocenters. The second kappa shape index (κ2) is 6.19. The van der Waals surface area contributed by atoms with E-state index in [4.69, 9.17) is 0 Å². The molecule has 1 aromatic carbocycles. The number of fused-ring (bicyclic) bond motifs is 1. The van der Waals surface area contributed by atoms with Crippen molar-refractivity contribution in [3.05, 3.63) is 69.8 Å². The zero-order valence-corrected chi connectivity index (χ0v) is 14.3. The van der Waals surface area contributed by atoms with Crippen molar-refractivity contribution in [1.29, 1.82) is 0 Å². The maximum atomic E-state index is 13.2. The molecule has 4 aromatic rings. The zero-order chi connectivity index (χ0) is 18.3. The van der Waals surface area contributed by atoms with Crippen LogP contribution in [-0.4, -0.2) is 25.1 Å². The minimum Gasteiger partial charge on any atom is -0.304 e. The van der Waals surface area contributed by atoms with E-state index in [2.05, 4.69) is 15.4 Å². The highest BCUT2D eigenvalue weighted by Gasteiger charge is 2.19. The Balaban J connectivity index is 1.77. The van der Waals surface area contributed by atoms with E-state index in [1.807, 2.05) is 5.38 Å². The van der Waals surface area contributed by atoms with Gasteiger partial charge in [0.15, 0.2) is 4.96 Å². The molecular weight excluding hydrogens is 357 g/mol. The van der Waals surface area contributed by atoms with Gasteiger partial charge in [-0.3, -0.25) is 14.0 Å². The molecule has 0 aliphatic carbocycles. The third-order valence-corrected chi connectivity index (χ3v) is 4.56. The Morgan fingerprint density at radius 3 is 2.69 bits per heavy atom. The Labute approximate surface area is 150 Å². The summed E-state index contributed by atoms with van der Waals surface area (Å²) in [7, 11) is 1.47. The molecule has 130 valence electrons. The van der Waals surface area contributed by atoms with Crippen LogP contribution in [0.3, 0.4) is 0 Å². The summed E-state index contributed by atoms with van der Waals surface area (Å²) in [6, 6.07) is 8.51. The van der Waals surface area contributed by atoms with Crippen molar-refractivity contribution < 1.29 is 9.18 Å². The number of halogens is 1. The summed E-state index contributed by atoms with van der Waals surface area (Å²) in [6.45, 7) is 0. The van der Waals surface area contributed by atoms with Crippen LogP contribution in [-0.2, 0) is 7.05 Å².